The summed E-state index contributed by atoms with van der Waals surface area (Å²) in [4.78, 5) is 16.5. The van der Waals surface area contributed by atoms with Crippen LogP contribution in [0.25, 0.3) is 0 Å². The minimum Gasteiger partial charge on any atom is -0.387 e. The molecule has 5 heteroatoms. The molecule has 122 valence electrons. The molecular weight excluding hydrogens is 300 g/mol. The van der Waals surface area contributed by atoms with Crippen LogP contribution >= 0.6 is 11.6 Å². The quantitative estimate of drug-likeness (QED) is 0.875. The maximum Gasteiger partial charge on any atom is 0.239 e. The summed E-state index contributed by atoms with van der Waals surface area (Å²) in [7, 11) is 0. The van der Waals surface area contributed by atoms with Crippen molar-refractivity contribution < 1.29 is 9.90 Å². The second kappa shape index (κ2) is 7.95. The molecule has 2 atom stereocenters. The van der Waals surface area contributed by atoms with Crippen molar-refractivity contribution in [2.75, 3.05) is 26.2 Å². The SMILES string of the molecule is CCN(CC)C(=O)C1CCCN1CC(O)c1ccccc1Cl. The minimum atomic E-state index is -0.668. The lowest BCUT2D eigenvalue weighted by Crippen LogP contribution is -2.46. The van der Waals surface area contributed by atoms with Crippen LogP contribution < -0.4 is 0 Å². The zero-order chi connectivity index (χ0) is 16.1. The summed E-state index contributed by atoms with van der Waals surface area (Å²) in [5, 5.41) is 11.0. The van der Waals surface area contributed by atoms with E-state index in [1.807, 2.05) is 36.9 Å². The second-order valence-electron chi connectivity index (χ2n) is 5.70. The van der Waals surface area contributed by atoms with E-state index in [0.29, 0.717) is 11.6 Å². The third-order valence-corrected chi connectivity index (χ3v) is 4.74. The largest absolute Gasteiger partial charge is 0.387 e. The Morgan fingerprint density at radius 1 is 1.41 bits per heavy atom. The van der Waals surface area contributed by atoms with Gasteiger partial charge in [0.25, 0.3) is 0 Å². The maximum absolute atomic E-state index is 12.6. The summed E-state index contributed by atoms with van der Waals surface area (Å²) < 4.78 is 0. The lowest BCUT2D eigenvalue weighted by atomic mass is 10.1. The Bertz CT molecular complexity index is 505. The van der Waals surface area contributed by atoms with E-state index in [2.05, 4.69) is 4.90 Å². The van der Waals surface area contributed by atoms with Gasteiger partial charge in [-0.25, -0.2) is 0 Å². The van der Waals surface area contributed by atoms with Crippen LogP contribution in [0.5, 0.6) is 0 Å². The molecule has 1 heterocycles. The molecule has 2 unspecified atom stereocenters. The molecule has 1 aliphatic heterocycles. The predicted molar refractivity (Wildman–Crippen MR) is 88.9 cm³/mol. The van der Waals surface area contributed by atoms with Crippen molar-refractivity contribution in [2.24, 2.45) is 0 Å². The molecule has 0 radical (unpaired) electrons. The third kappa shape index (κ3) is 3.80. The Kier molecular flexibility index (Phi) is 6.24. The highest BCUT2D eigenvalue weighted by Gasteiger charge is 2.34. The molecule has 1 fully saturated rings. The van der Waals surface area contributed by atoms with Gasteiger partial charge < -0.3 is 10.0 Å². The molecule has 2 rings (SSSR count). The molecule has 0 aromatic heterocycles. The Labute approximate surface area is 137 Å². The van der Waals surface area contributed by atoms with Gasteiger partial charge in [0.1, 0.15) is 0 Å². The number of aliphatic hydroxyl groups excluding tert-OH is 1. The van der Waals surface area contributed by atoms with Gasteiger partial charge in [0.05, 0.1) is 12.1 Å². The maximum atomic E-state index is 12.6. The van der Waals surface area contributed by atoms with Crippen LogP contribution in [0.2, 0.25) is 5.02 Å². The number of nitrogens with zero attached hydrogens (tertiary/aromatic N) is 2. The van der Waals surface area contributed by atoms with Gasteiger partial charge in [0.15, 0.2) is 0 Å². The monoisotopic (exact) mass is 324 g/mol. The van der Waals surface area contributed by atoms with E-state index in [4.69, 9.17) is 11.6 Å². The first-order valence-electron chi connectivity index (χ1n) is 8.03. The number of carbonyl (C=O) groups excluding carboxylic acids is 1. The third-order valence-electron chi connectivity index (χ3n) is 4.40. The highest BCUT2D eigenvalue weighted by Crippen LogP contribution is 2.27. The van der Waals surface area contributed by atoms with Crippen LogP contribution in [-0.4, -0.2) is 53.0 Å². The van der Waals surface area contributed by atoms with Crippen LogP contribution in [-0.2, 0) is 4.79 Å². The number of β-amino-alcohol motifs (C(OH)–C–C–N with tert-alkyl or cyclic N) is 1. The average molecular weight is 325 g/mol. The first kappa shape index (κ1) is 17.3. The van der Waals surface area contributed by atoms with Gasteiger partial charge in [-0.05, 0) is 39.3 Å². The van der Waals surface area contributed by atoms with E-state index < -0.39 is 6.10 Å². The number of likely N-dealkylation sites (N-methyl/N-ethyl adjacent to an activating group) is 1. The molecule has 0 bridgehead atoms. The Morgan fingerprint density at radius 3 is 2.73 bits per heavy atom. The van der Waals surface area contributed by atoms with Crippen molar-refractivity contribution in [1.82, 2.24) is 9.80 Å². The Balaban J connectivity index is 2.05. The molecule has 0 spiro atoms. The number of carbonyl (C=O) groups is 1. The van der Waals surface area contributed by atoms with Gasteiger partial charge in [-0.15, -0.1) is 0 Å². The van der Waals surface area contributed by atoms with Crippen LogP contribution in [0.15, 0.2) is 24.3 Å². The lowest BCUT2D eigenvalue weighted by Gasteiger charge is -2.30. The number of hydrogen-bond donors (Lipinski definition) is 1. The van der Waals surface area contributed by atoms with Gasteiger partial charge in [-0.2, -0.15) is 0 Å². The number of amides is 1. The van der Waals surface area contributed by atoms with Gasteiger partial charge in [-0.3, -0.25) is 9.69 Å². The molecule has 4 nitrogen and oxygen atoms in total. The predicted octanol–water partition coefficient (Wildman–Crippen LogP) is 2.71. The molecule has 0 aliphatic carbocycles. The summed E-state index contributed by atoms with van der Waals surface area (Å²) in [6.45, 7) is 6.75. The fourth-order valence-electron chi connectivity index (χ4n) is 3.14. The van der Waals surface area contributed by atoms with E-state index in [1.54, 1.807) is 6.07 Å². The van der Waals surface area contributed by atoms with Crippen molar-refractivity contribution in [2.45, 2.75) is 38.8 Å². The molecule has 1 saturated heterocycles. The number of hydrogen-bond acceptors (Lipinski definition) is 3. The number of aliphatic hydroxyl groups is 1. The highest BCUT2D eigenvalue weighted by atomic mass is 35.5. The van der Waals surface area contributed by atoms with Gasteiger partial charge >= 0.3 is 0 Å². The van der Waals surface area contributed by atoms with Gasteiger partial charge in [0.2, 0.25) is 5.91 Å². The van der Waals surface area contributed by atoms with E-state index in [1.165, 1.54) is 0 Å². The summed E-state index contributed by atoms with van der Waals surface area (Å²) in [6.07, 6.45) is 1.19. The van der Waals surface area contributed by atoms with Crippen molar-refractivity contribution >= 4 is 17.5 Å². The summed E-state index contributed by atoms with van der Waals surface area (Å²) in [5.41, 5.74) is 0.727. The molecule has 1 aromatic carbocycles. The summed E-state index contributed by atoms with van der Waals surface area (Å²) >= 11 is 6.15. The van der Waals surface area contributed by atoms with Crippen molar-refractivity contribution in [3.05, 3.63) is 34.9 Å². The molecular formula is C17H25ClN2O2. The van der Waals surface area contributed by atoms with Crippen LogP contribution in [0.4, 0.5) is 0 Å². The smallest absolute Gasteiger partial charge is 0.239 e. The molecule has 1 aliphatic rings. The Hall–Kier alpha value is -1.10. The standard InChI is InChI=1S/C17H25ClN2O2/c1-3-19(4-2)17(22)15-10-7-11-20(15)12-16(21)13-8-5-6-9-14(13)18/h5-6,8-9,15-16,21H,3-4,7,10-12H2,1-2H3. The summed E-state index contributed by atoms with van der Waals surface area (Å²) in [5.74, 6) is 0.175. The van der Waals surface area contributed by atoms with E-state index in [9.17, 15) is 9.90 Å². The van der Waals surface area contributed by atoms with Crippen molar-refractivity contribution in [3.8, 4) is 0 Å². The lowest BCUT2D eigenvalue weighted by molar-refractivity contribution is -0.136. The second-order valence-corrected chi connectivity index (χ2v) is 6.11. The first-order chi connectivity index (χ1) is 10.6. The van der Waals surface area contributed by atoms with Crippen LogP contribution in [0.3, 0.4) is 0 Å². The van der Waals surface area contributed by atoms with E-state index >= 15 is 0 Å². The van der Waals surface area contributed by atoms with Crippen molar-refractivity contribution in [1.29, 1.82) is 0 Å². The fourth-order valence-corrected chi connectivity index (χ4v) is 3.40. The topological polar surface area (TPSA) is 43.8 Å². The normalized spacial score (nSPS) is 20.1. The number of halogens is 1. The number of rotatable bonds is 6. The van der Waals surface area contributed by atoms with E-state index in [-0.39, 0.29) is 11.9 Å². The first-order valence-corrected chi connectivity index (χ1v) is 8.41. The van der Waals surface area contributed by atoms with Gasteiger partial charge in [0, 0.05) is 30.2 Å². The van der Waals surface area contributed by atoms with Gasteiger partial charge in [-0.1, -0.05) is 29.8 Å². The zero-order valence-corrected chi connectivity index (χ0v) is 14.1. The summed E-state index contributed by atoms with van der Waals surface area (Å²) in [6, 6.07) is 7.22. The zero-order valence-electron chi connectivity index (χ0n) is 13.3. The average Bonchev–Trinajstić information content (AvgIpc) is 2.96. The number of benzene rings is 1. The molecule has 22 heavy (non-hydrogen) atoms. The molecule has 1 aromatic rings. The minimum absolute atomic E-state index is 0.114. The van der Waals surface area contributed by atoms with E-state index in [0.717, 1.165) is 38.0 Å². The molecule has 0 saturated carbocycles. The fraction of sp³-hybridized carbons (Fsp3) is 0.588. The van der Waals surface area contributed by atoms with Crippen LogP contribution in [0.1, 0.15) is 38.4 Å². The number of likely N-dealkylation sites (tertiary alicyclic amines) is 1. The highest BCUT2D eigenvalue weighted by molar-refractivity contribution is 6.31. The van der Waals surface area contributed by atoms with Crippen LogP contribution in [0, 0.1) is 0 Å². The molecule has 1 amide bonds. The van der Waals surface area contributed by atoms with Crippen molar-refractivity contribution in [3.63, 3.8) is 0 Å². The molecule has 1 N–H and O–H groups in total. The Morgan fingerprint density at radius 2 is 2.09 bits per heavy atom.